The average molecular weight is 402 g/mol. The SMILES string of the molecule is O=C(O)C(F)(F)F.c1cc2n(c1)CC(CCOCC1CC1)CN(C1CCC1)C2. The van der Waals surface area contributed by atoms with Gasteiger partial charge in [0.1, 0.15) is 0 Å². The largest absolute Gasteiger partial charge is 0.490 e. The Balaban J connectivity index is 0.000000279. The predicted molar refractivity (Wildman–Crippen MR) is 97.8 cm³/mol. The Morgan fingerprint density at radius 2 is 1.89 bits per heavy atom. The van der Waals surface area contributed by atoms with Crippen LogP contribution in [0.15, 0.2) is 18.3 Å². The lowest BCUT2D eigenvalue weighted by atomic mass is 9.90. The molecule has 2 saturated carbocycles. The summed E-state index contributed by atoms with van der Waals surface area (Å²) in [6.45, 7) is 5.55. The van der Waals surface area contributed by atoms with Crippen molar-refractivity contribution in [1.82, 2.24) is 9.47 Å². The number of carbonyl (C=O) groups is 1. The standard InChI is InChI=1S/C18H28N2O.C2HF3O2/c1-3-17(4-1)20-12-16(8-10-21-14-15-6-7-15)11-19-9-2-5-18(19)13-20;3-2(4,5)1(6)7/h2,5,9,15-17H,1,3-4,6-8,10-14H2;(H,6,7). The molecular formula is C20H29F3N2O3. The molecule has 0 bridgehead atoms. The molecule has 8 heteroatoms. The van der Waals surface area contributed by atoms with Crippen LogP contribution >= 0.6 is 0 Å². The van der Waals surface area contributed by atoms with Crippen molar-refractivity contribution >= 4 is 5.97 Å². The molecule has 2 fully saturated rings. The molecule has 1 unspecified atom stereocenters. The molecule has 28 heavy (non-hydrogen) atoms. The molecule has 1 atom stereocenters. The van der Waals surface area contributed by atoms with Gasteiger partial charge >= 0.3 is 12.1 Å². The number of ether oxygens (including phenoxy) is 1. The Bertz CT molecular complexity index is 639. The molecular weight excluding hydrogens is 373 g/mol. The van der Waals surface area contributed by atoms with Crippen molar-refractivity contribution in [3.05, 3.63) is 24.0 Å². The van der Waals surface area contributed by atoms with Gasteiger partial charge in [-0.3, -0.25) is 4.90 Å². The third-order valence-corrected chi connectivity index (χ3v) is 5.79. The molecule has 3 aliphatic rings. The van der Waals surface area contributed by atoms with Crippen molar-refractivity contribution in [2.45, 2.75) is 63.8 Å². The van der Waals surface area contributed by atoms with Gasteiger partial charge in [0.15, 0.2) is 0 Å². The van der Waals surface area contributed by atoms with E-state index in [2.05, 4.69) is 27.8 Å². The maximum absolute atomic E-state index is 10.6. The fraction of sp³-hybridized carbons (Fsp3) is 0.750. The van der Waals surface area contributed by atoms with E-state index in [1.54, 1.807) is 0 Å². The van der Waals surface area contributed by atoms with Crippen molar-refractivity contribution in [1.29, 1.82) is 0 Å². The second-order valence-electron chi connectivity index (χ2n) is 8.14. The van der Waals surface area contributed by atoms with Crippen molar-refractivity contribution in [2.24, 2.45) is 11.8 Å². The summed E-state index contributed by atoms with van der Waals surface area (Å²) < 4.78 is 40.1. The van der Waals surface area contributed by atoms with Crippen molar-refractivity contribution in [2.75, 3.05) is 19.8 Å². The Morgan fingerprint density at radius 3 is 2.46 bits per heavy atom. The van der Waals surface area contributed by atoms with Gasteiger partial charge in [0.2, 0.25) is 0 Å². The summed E-state index contributed by atoms with van der Waals surface area (Å²) >= 11 is 0. The maximum atomic E-state index is 10.6. The molecule has 0 saturated heterocycles. The van der Waals surface area contributed by atoms with Crippen LogP contribution in [-0.2, 0) is 22.6 Å². The highest BCUT2D eigenvalue weighted by molar-refractivity contribution is 5.73. The van der Waals surface area contributed by atoms with E-state index < -0.39 is 12.1 Å². The van der Waals surface area contributed by atoms with E-state index in [0.29, 0.717) is 0 Å². The van der Waals surface area contributed by atoms with E-state index in [-0.39, 0.29) is 0 Å². The molecule has 2 heterocycles. The minimum Gasteiger partial charge on any atom is -0.475 e. The normalized spacial score (nSPS) is 23.2. The lowest BCUT2D eigenvalue weighted by Gasteiger charge is -2.38. The number of fused-ring (bicyclic) bond motifs is 1. The number of alkyl halides is 3. The summed E-state index contributed by atoms with van der Waals surface area (Å²) in [4.78, 5) is 11.6. The van der Waals surface area contributed by atoms with Gasteiger partial charge in [-0.2, -0.15) is 13.2 Å². The maximum Gasteiger partial charge on any atom is 0.490 e. The van der Waals surface area contributed by atoms with E-state index in [1.165, 1.54) is 57.3 Å². The van der Waals surface area contributed by atoms with Crippen LogP contribution in [0.25, 0.3) is 0 Å². The van der Waals surface area contributed by atoms with Gasteiger partial charge in [-0.1, -0.05) is 6.42 Å². The van der Waals surface area contributed by atoms with E-state index in [0.717, 1.165) is 37.6 Å². The van der Waals surface area contributed by atoms with Crippen molar-refractivity contribution < 1.29 is 27.8 Å². The third kappa shape index (κ3) is 6.24. The number of carboxylic acids is 1. The molecule has 4 rings (SSSR count). The van der Waals surface area contributed by atoms with E-state index >= 15 is 0 Å². The fourth-order valence-corrected chi connectivity index (χ4v) is 3.71. The molecule has 158 valence electrons. The number of rotatable bonds is 6. The van der Waals surface area contributed by atoms with Crippen molar-refractivity contribution in [3.8, 4) is 0 Å². The summed E-state index contributed by atoms with van der Waals surface area (Å²) in [6.07, 6.45) is 5.43. The fourth-order valence-electron chi connectivity index (χ4n) is 3.71. The number of hydrogen-bond donors (Lipinski definition) is 1. The molecule has 1 aliphatic heterocycles. The van der Waals surface area contributed by atoms with Gasteiger partial charge < -0.3 is 14.4 Å². The van der Waals surface area contributed by atoms with Crippen LogP contribution in [0.4, 0.5) is 13.2 Å². The zero-order chi connectivity index (χ0) is 20.1. The molecule has 1 aromatic rings. The molecule has 0 radical (unpaired) electrons. The molecule has 0 amide bonds. The monoisotopic (exact) mass is 402 g/mol. The van der Waals surface area contributed by atoms with Crippen LogP contribution in [0.5, 0.6) is 0 Å². The highest BCUT2D eigenvalue weighted by Crippen LogP contribution is 2.31. The van der Waals surface area contributed by atoms with Gasteiger partial charge in [-0.15, -0.1) is 0 Å². The molecule has 2 aliphatic carbocycles. The highest BCUT2D eigenvalue weighted by atomic mass is 19.4. The summed E-state index contributed by atoms with van der Waals surface area (Å²) in [5.41, 5.74) is 1.50. The Kier molecular flexibility index (Phi) is 7.04. The first kappa shape index (κ1) is 21.2. The summed E-state index contributed by atoms with van der Waals surface area (Å²) in [7, 11) is 0. The van der Waals surface area contributed by atoms with E-state index in [9.17, 15) is 13.2 Å². The minimum atomic E-state index is -5.08. The Labute approximate surface area is 163 Å². The molecule has 0 aromatic carbocycles. The van der Waals surface area contributed by atoms with Crippen LogP contribution < -0.4 is 0 Å². The number of aliphatic carboxylic acids is 1. The number of nitrogens with zero attached hydrogens (tertiary/aromatic N) is 2. The van der Waals surface area contributed by atoms with Crippen LogP contribution in [0, 0.1) is 11.8 Å². The van der Waals surface area contributed by atoms with Crippen LogP contribution in [0.3, 0.4) is 0 Å². The second-order valence-corrected chi connectivity index (χ2v) is 8.14. The van der Waals surface area contributed by atoms with Crippen LogP contribution in [0.1, 0.15) is 44.2 Å². The second kappa shape index (κ2) is 9.31. The van der Waals surface area contributed by atoms with Crippen molar-refractivity contribution in [3.63, 3.8) is 0 Å². The highest BCUT2D eigenvalue weighted by Gasteiger charge is 2.38. The topological polar surface area (TPSA) is 54.7 Å². The summed E-state index contributed by atoms with van der Waals surface area (Å²) in [5.74, 6) is -1.12. The predicted octanol–water partition coefficient (Wildman–Crippen LogP) is 3.92. The van der Waals surface area contributed by atoms with E-state index in [1.807, 2.05) is 0 Å². The van der Waals surface area contributed by atoms with Crippen LogP contribution in [-0.4, -0.2) is 52.5 Å². The third-order valence-electron chi connectivity index (χ3n) is 5.79. The Hall–Kier alpha value is -1.54. The smallest absolute Gasteiger partial charge is 0.475 e. The van der Waals surface area contributed by atoms with Crippen LogP contribution in [0.2, 0.25) is 0 Å². The zero-order valence-corrected chi connectivity index (χ0v) is 16.0. The molecule has 1 N–H and O–H groups in total. The van der Waals surface area contributed by atoms with Gasteiger partial charge in [-0.05, 0) is 56.1 Å². The number of hydrogen-bond acceptors (Lipinski definition) is 3. The first-order valence-corrected chi connectivity index (χ1v) is 10.1. The lowest BCUT2D eigenvalue weighted by molar-refractivity contribution is -0.192. The van der Waals surface area contributed by atoms with Gasteiger partial charge in [-0.25, -0.2) is 4.79 Å². The lowest BCUT2D eigenvalue weighted by Crippen LogP contribution is -2.41. The Morgan fingerprint density at radius 1 is 1.18 bits per heavy atom. The first-order chi connectivity index (χ1) is 13.3. The number of carboxylic acid groups (broad SMARTS) is 1. The summed E-state index contributed by atoms with van der Waals surface area (Å²) in [6, 6.07) is 5.36. The first-order valence-electron chi connectivity index (χ1n) is 10.1. The quantitative estimate of drug-likeness (QED) is 0.733. The van der Waals surface area contributed by atoms with E-state index in [4.69, 9.17) is 14.6 Å². The molecule has 5 nitrogen and oxygen atoms in total. The number of aromatic nitrogens is 1. The molecule has 0 spiro atoms. The zero-order valence-electron chi connectivity index (χ0n) is 16.0. The number of halogens is 3. The van der Waals surface area contributed by atoms with Gasteiger partial charge in [0.05, 0.1) is 0 Å². The average Bonchev–Trinajstić information content (AvgIpc) is 3.32. The summed E-state index contributed by atoms with van der Waals surface area (Å²) in [5, 5.41) is 7.12. The van der Waals surface area contributed by atoms with Gasteiger partial charge in [0, 0.05) is 50.8 Å². The molecule has 1 aromatic heterocycles. The van der Waals surface area contributed by atoms with Gasteiger partial charge in [0.25, 0.3) is 0 Å². The minimum absolute atomic E-state index is 0.749.